The smallest absolute Gasteiger partial charge is 0.115 e. The molecule has 0 amide bonds. The molecule has 2 heterocycles. The Morgan fingerprint density at radius 1 is 1.42 bits per heavy atom. The molecule has 1 fully saturated rings. The number of hydrogen-bond donors (Lipinski definition) is 0. The van der Waals surface area contributed by atoms with E-state index in [-0.39, 0.29) is 12.2 Å². The van der Waals surface area contributed by atoms with E-state index in [9.17, 15) is 0 Å². The largest absolute Gasteiger partial charge is 0.228 e. The molecular weight excluding hydrogens is 152 g/mol. The fourth-order valence-electron chi connectivity index (χ4n) is 2.05. The van der Waals surface area contributed by atoms with Gasteiger partial charge in [0.2, 0.25) is 0 Å². The van der Waals surface area contributed by atoms with E-state index < -0.39 is 0 Å². The second-order valence-electron chi connectivity index (χ2n) is 4.20. The Kier molecular flexibility index (Phi) is 1.97. The third-order valence-corrected chi connectivity index (χ3v) is 2.98. The second kappa shape index (κ2) is 2.86. The van der Waals surface area contributed by atoms with Crippen LogP contribution in [-0.4, -0.2) is 12.2 Å². The topological polar surface area (TPSA) is 18.5 Å². The van der Waals surface area contributed by atoms with Crippen LogP contribution in [0.2, 0.25) is 0 Å². The van der Waals surface area contributed by atoms with Crippen LogP contribution < -0.4 is 0 Å². The Balaban J connectivity index is 2.17. The van der Waals surface area contributed by atoms with Crippen LogP contribution in [0.1, 0.15) is 27.2 Å². The van der Waals surface area contributed by atoms with Crippen molar-refractivity contribution in [3.05, 3.63) is 11.6 Å². The summed E-state index contributed by atoms with van der Waals surface area (Å²) in [5, 5.41) is 0. The third-order valence-electron chi connectivity index (χ3n) is 2.98. The van der Waals surface area contributed by atoms with Crippen molar-refractivity contribution < 1.29 is 9.78 Å². The summed E-state index contributed by atoms with van der Waals surface area (Å²) >= 11 is 0. The summed E-state index contributed by atoms with van der Waals surface area (Å²) in [7, 11) is 0. The van der Waals surface area contributed by atoms with Gasteiger partial charge >= 0.3 is 0 Å². The maximum atomic E-state index is 5.24. The van der Waals surface area contributed by atoms with Crippen LogP contribution in [0.25, 0.3) is 0 Å². The summed E-state index contributed by atoms with van der Waals surface area (Å²) in [6.45, 7) is 6.62. The molecule has 0 spiro atoms. The molecule has 3 rings (SSSR count). The van der Waals surface area contributed by atoms with Crippen molar-refractivity contribution in [3.63, 3.8) is 0 Å². The molecule has 3 aliphatic rings. The Hall–Kier alpha value is -0.340. The average Bonchev–Trinajstić information content (AvgIpc) is 2.04. The lowest BCUT2D eigenvalue weighted by molar-refractivity contribution is -0.379. The van der Waals surface area contributed by atoms with E-state index in [1.165, 1.54) is 5.57 Å². The fourth-order valence-corrected chi connectivity index (χ4v) is 2.05. The van der Waals surface area contributed by atoms with Crippen molar-refractivity contribution in [2.75, 3.05) is 0 Å². The molecule has 2 bridgehead atoms. The predicted molar refractivity (Wildman–Crippen MR) is 46.4 cm³/mol. The average molecular weight is 168 g/mol. The fraction of sp³-hybridized carbons (Fsp3) is 0.800. The minimum absolute atomic E-state index is 0.204. The van der Waals surface area contributed by atoms with Gasteiger partial charge in [-0.3, -0.25) is 0 Å². The molecule has 0 N–H and O–H groups in total. The molecule has 1 saturated heterocycles. The van der Waals surface area contributed by atoms with Crippen molar-refractivity contribution in [1.29, 1.82) is 0 Å². The molecule has 68 valence electrons. The first-order valence-electron chi connectivity index (χ1n) is 4.69. The molecule has 0 aromatic rings. The van der Waals surface area contributed by atoms with Gasteiger partial charge in [0.25, 0.3) is 0 Å². The van der Waals surface area contributed by atoms with E-state index in [2.05, 4.69) is 26.8 Å². The highest BCUT2D eigenvalue weighted by Crippen LogP contribution is 2.37. The van der Waals surface area contributed by atoms with Crippen molar-refractivity contribution in [2.24, 2.45) is 11.8 Å². The highest BCUT2D eigenvalue weighted by atomic mass is 17.2. The van der Waals surface area contributed by atoms with Crippen LogP contribution in [-0.2, 0) is 9.78 Å². The first kappa shape index (κ1) is 8.27. The zero-order chi connectivity index (χ0) is 8.72. The predicted octanol–water partition coefficient (Wildman–Crippen LogP) is 2.31. The zero-order valence-corrected chi connectivity index (χ0v) is 7.91. The van der Waals surface area contributed by atoms with Crippen molar-refractivity contribution in [3.8, 4) is 0 Å². The summed E-state index contributed by atoms with van der Waals surface area (Å²) in [6.07, 6.45) is 3.77. The Labute approximate surface area is 73.5 Å². The Bertz CT molecular complexity index is 208. The third kappa shape index (κ3) is 1.19. The lowest BCUT2D eigenvalue weighted by Crippen LogP contribution is -2.42. The van der Waals surface area contributed by atoms with Crippen LogP contribution in [0.4, 0.5) is 0 Å². The van der Waals surface area contributed by atoms with E-state index >= 15 is 0 Å². The van der Waals surface area contributed by atoms with Gasteiger partial charge in [0, 0.05) is 0 Å². The number of hydrogen-bond acceptors (Lipinski definition) is 2. The minimum atomic E-state index is 0.204. The standard InChI is InChI=1S/C10H16O2/c1-6(2)8-5-9-7(3)4-10(8)12-11-9/h4,6,8-10H,5H2,1-3H3/t8-,9-,10-/m1/s1. The van der Waals surface area contributed by atoms with E-state index in [1.54, 1.807) is 0 Å². The van der Waals surface area contributed by atoms with E-state index in [1.807, 2.05) is 0 Å². The lowest BCUT2D eigenvalue weighted by Gasteiger charge is -2.40. The van der Waals surface area contributed by atoms with Crippen LogP contribution in [0.3, 0.4) is 0 Å². The quantitative estimate of drug-likeness (QED) is 0.442. The number of rotatable bonds is 1. The zero-order valence-electron chi connectivity index (χ0n) is 7.91. The molecule has 0 unspecified atom stereocenters. The maximum Gasteiger partial charge on any atom is 0.115 e. The van der Waals surface area contributed by atoms with Gasteiger partial charge in [0.1, 0.15) is 12.2 Å². The van der Waals surface area contributed by atoms with E-state index in [4.69, 9.17) is 9.78 Å². The minimum Gasteiger partial charge on any atom is -0.228 e. The van der Waals surface area contributed by atoms with Gasteiger partial charge in [-0.25, -0.2) is 9.78 Å². The molecule has 2 nitrogen and oxygen atoms in total. The van der Waals surface area contributed by atoms with E-state index in [0.29, 0.717) is 11.8 Å². The highest BCUT2D eigenvalue weighted by Gasteiger charge is 2.38. The summed E-state index contributed by atoms with van der Waals surface area (Å²) in [4.78, 5) is 10.4. The molecule has 0 aromatic heterocycles. The molecule has 0 radical (unpaired) electrons. The maximum absolute atomic E-state index is 5.24. The second-order valence-corrected chi connectivity index (χ2v) is 4.20. The molecule has 2 aliphatic heterocycles. The SMILES string of the molecule is CC1=C[C@H]2OO[C@@H]1C[C@@H]2C(C)C. The van der Waals surface area contributed by atoms with Gasteiger partial charge in [0.15, 0.2) is 0 Å². The summed E-state index contributed by atoms with van der Waals surface area (Å²) in [5.74, 6) is 1.33. The normalized spacial score (nSPS) is 40.3. The monoisotopic (exact) mass is 168 g/mol. The molecule has 0 aromatic carbocycles. The molecular formula is C10H16O2. The lowest BCUT2D eigenvalue weighted by atomic mass is 9.78. The van der Waals surface area contributed by atoms with Gasteiger partial charge in [-0.15, -0.1) is 0 Å². The Morgan fingerprint density at radius 3 is 2.58 bits per heavy atom. The van der Waals surface area contributed by atoms with E-state index in [0.717, 1.165) is 6.42 Å². The van der Waals surface area contributed by atoms with Crippen LogP contribution in [0, 0.1) is 11.8 Å². The van der Waals surface area contributed by atoms with Crippen LogP contribution in [0.5, 0.6) is 0 Å². The van der Waals surface area contributed by atoms with Gasteiger partial charge in [0.05, 0.1) is 0 Å². The molecule has 3 atom stereocenters. The summed E-state index contributed by atoms with van der Waals surface area (Å²) in [6, 6.07) is 0. The molecule has 0 saturated carbocycles. The first-order chi connectivity index (χ1) is 5.68. The van der Waals surface area contributed by atoms with Crippen molar-refractivity contribution in [1.82, 2.24) is 0 Å². The van der Waals surface area contributed by atoms with Gasteiger partial charge in [-0.2, -0.15) is 0 Å². The van der Waals surface area contributed by atoms with Gasteiger partial charge in [-0.05, 0) is 30.8 Å². The van der Waals surface area contributed by atoms with Crippen molar-refractivity contribution in [2.45, 2.75) is 39.4 Å². The first-order valence-corrected chi connectivity index (χ1v) is 4.69. The molecule has 2 heteroatoms. The molecule has 12 heavy (non-hydrogen) atoms. The van der Waals surface area contributed by atoms with Crippen LogP contribution >= 0.6 is 0 Å². The highest BCUT2D eigenvalue weighted by molar-refractivity contribution is 5.16. The van der Waals surface area contributed by atoms with Gasteiger partial charge in [-0.1, -0.05) is 19.9 Å². The Morgan fingerprint density at radius 2 is 2.17 bits per heavy atom. The molecule has 1 aliphatic carbocycles. The number of fused-ring (bicyclic) bond motifs is 2. The summed E-state index contributed by atoms with van der Waals surface area (Å²) < 4.78 is 0. The van der Waals surface area contributed by atoms with Crippen molar-refractivity contribution >= 4 is 0 Å². The van der Waals surface area contributed by atoms with Gasteiger partial charge < -0.3 is 0 Å². The summed E-state index contributed by atoms with van der Waals surface area (Å²) in [5.41, 5.74) is 1.34. The van der Waals surface area contributed by atoms with Crippen LogP contribution in [0.15, 0.2) is 11.6 Å².